The number of carbonyl (C=O) groups excluding carboxylic acids is 3. The number of amides is 3. The summed E-state index contributed by atoms with van der Waals surface area (Å²) in [6.45, 7) is 1.75. The van der Waals surface area contributed by atoms with Crippen molar-refractivity contribution in [3.63, 3.8) is 0 Å². The Morgan fingerprint density at radius 3 is 2.27 bits per heavy atom. The van der Waals surface area contributed by atoms with Gasteiger partial charge < -0.3 is 19.9 Å². The number of hydrogen-bond acceptors (Lipinski definition) is 4. The van der Waals surface area contributed by atoms with E-state index in [-0.39, 0.29) is 23.1 Å². The quantitative estimate of drug-likeness (QED) is 0.617. The second kappa shape index (κ2) is 11.2. The van der Waals surface area contributed by atoms with Crippen LogP contribution in [0.4, 0.5) is 14.5 Å². The third-order valence-electron chi connectivity index (χ3n) is 5.29. The van der Waals surface area contributed by atoms with Gasteiger partial charge in [-0.1, -0.05) is 30.8 Å². The molecular weight excluding hydrogens is 432 g/mol. The van der Waals surface area contributed by atoms with Crippen molar-refractivity contribution in [1.82, 2.24) is 9.80 Å². The number of benzene rings is 2. The van der Waals surface area contributed by atoms with Gasteiger partial charge in [0.15, 0.2) is 0 Å². The number of alkyl halides is 2. The summed E-state index contributed by atoms with van der Waals surface area (Å²) in [6, 6.07) is 13.1. The summed E-state index contributed by atoms with van der Waals surface area (Å²) in [4.78, 5) is 39.9. The van der Waals surface area contributed by atoms with E-state index in [2.05, 4.69) is 16.6 Å². The van der Waals surface area contributed by atoms with Crippen molar-refractivity contribution in [2.75, 3.05) is 31.5 Å². The van der Waals surface area contributed by atoms with Crippen molar-refractivity contribution >= 4 is 23.4 Å². The minimum Gasteiger partial charge on any atom is -0.434 e. The fraction of sp³-hybridized carbons (Fsp3) is 0.292. The van der Waals surface area contributed by atoms with E-state index in [1.165, 1.54) is 29.2 Å². The number of hydrogen-bond donors (Lipinski definition) is 1. The van der Waals surface area contributed by atoms with Gasteiger partial charge in [0.25, 0.3) is 5.91 Å². The van der Waals surface area contributed by atoms with Crippen LogP contribution in [-0.2, 0) is 16.0 Å². The van der Waals surface area contributed by atoms with Crippen molar-refractivity contribution in [2.45, 2.75) is 19.5 Å². The first-order valence-electron chi connectivity index (χ1n) is 10.5. The van der Waals surface area contributed by atoms with Gasteiger partial charge in [0.05, 0.1) is 5.56 Å². The lowest BCUT2D eigenvalue weighted by Gasteiger charge is -2.35. The van der Waals surface area contributed by atoms with E-state index in [9.17, 15) is 23.2 Å². The third kappa shape index (κ3) is 6.61. The van der Waals surface area contributed by atoms with E-state index in [0.717, 1.165) is 5.56 Å². The Kier molecular flexibility index (Phi) is 8.12. The number of piperazine rings is 1. The molecule has 174 valence electrons. The second-order valence-corrected chi connectivity index (χ2v) is 7.44. The van der Waals surface area contributed by atoms with Crippen molar-refractivity contribution in [2.24, 2.45) is 0 Å². The molecule has 1 aliphatic heterocycles. The minimum atomic E-state index is -3.02. The topological polar surface area (TPSA) is 79.0 Å². The molecule has 0 unspecified atom stereocenters. The predicted molar refractivity (Wildman–Crippen MR) is 119 cm³/mol. The normalized spacial score (nSPS) is 13.5. The summed E-state index contributed by atoms with van der Waals surface area (Å²) >= 11 is 0. The van der Waals surface area contributed by atoms with E-state index < -0.39 is 12.5 Å². The molecule has 0 aliphatic carbocycles. The number of carbonyl (C=O) groups is 3. The first-order chi connectivity index (χ1) is 15.9. The average Bonchev–Trinajstić information content (AvgIpc) is 2.83. The summed E-state index contributed by atoms with van der Waals surface area (Å²) < 4.78 is 29.7. The van der Waals surface area contributed by atoms with Crippen LogP contribution < -0.4 is 10.1 Å². The Bertz CT molecular complexity index is 1000. The van der Waals surface area contributed by atoms with Crippen LogP contribution >= 0.6 is 0 Å². The highest BCUT2D eigenvalue weighted by atomic mass is 19.3. The van der Waals surface area contributed by atoms with Gasteiger partial charge >= 0.3 is 6.61 Å². The van der Waals surface area contributed by atoms with Crippen LogP contribution in [0.5, 0.6) is 5.75 Å². The standard InChI is InChI=1S/C24H25F2N3O4/c1-2-21(30)27-18-10-7-17(8-11-18)9-12-22(31)28-13-15-29(16-14-28)23(32)19-5-3-4-6-20(19)33-24(25)26/h2-8,10-11,24H,1,9,12-16H2,(H,27,30). The zero-order valence-electron chi connectivity index (χ0n) is 18.0. The van der Waals surface area contributed by atoms with E-state index in [0.29, 0.717) is 44.7 Å². The predicted octanol–water partition coefficient (Wildman–Crippen LogP) is 3.33. The summed E-state index contributed by atoms with van der Waals surface area (Å²) in [5.74, 6) is -0.874. The number of nitrogens with one attached hydrogen (secondary N) is 1. The molecule has 0 aromatic heterocycles. The van der Waals surface area contributed by atoms with Crippen LogP contribution in [0.1, 0.15) is 22.3 Å². The van der Waals surface area contributed by atoms with Crippen molar-refractivity contribution in [3.8, 4) is 5.75 Å². The third-order valence-corrected chi connectivity index (χ3v) is 5.29. The van der Waals surface area contributed by atoms with Gasteiger partial charge in [0.2, 0.25) is 11.8 Å². The molecule has 33 heavy (non-hydrogen) atoms. The summed E-state index contributed by atoms with van der Waals surface area (Å²) in [5.41, 5.74) is 1.69. The first-order valence-corrected chi connectivity index (χ1v) is 10.5. The fourth-order valence-electron chi connectivity index (χ4n) is 3.53. The smallest absolute Gasteiger partial charge is 0.387 e. The van der Waals surface area contributed by atoms with Gasteiger partial charge in [-0.3, -0.25) is 14.4 Å². The second-order valence-electron chi connectivity index (χ2n) is 7.44. The Morgan fingerprint density at radius 1 is 1.00 bits per heavy atom. The molecule has 0 spiro atoms. The lowest BCUT2D eigenvalue weighted by molar-refractivity contribution is -0.132. The molecule has 1 saturated heterocycles. The molecule has 1 fully saturated rings. The van der Waals surface area contributed by atoms with Gasteiger partial charge in [0, 0.05) is 38.3 Å². The van der Waals surface area contributed by atoms with Crippen LogP contribution in [0.15, 0.2) is 61.2 Å². The summed E-state index contributed by atoms with van der Waals surface area (Å²) in [7, 11) is 0. The molecule has 2 aromatic rings. The van der Waals surface area contributed by atoms with E-state index >= 15 is 0 Å². The molecule has 9 heteroatoms. The zero-order valence-corrected chi connectivity index (χ0v) is 18.0. The van der Waals surface area contributed by atoms with E-state index in [4.69, 9.17) is 0 Å². The highest BCUT2D eigenvalue weighted by molar-refractivity contribution is 5.99. The van der Waals surface area contributed by atoms with E-state index in [1.807, 2.05) is 12.1 Å². The van der Waals surface area contributed by atoms with Crippen molar-refractivity contribution < 1.29 is 27.9 Å². The number of rotatable bonds is 8. The number of anilines is 1. The number of nitrogens with zero attached hydrogens (tertiary/aromatic N) is 2. The first kappa shape index (κ1) is 23.9. The molecule has 0 saturated carbocycles. The molecule has 0 bridgehead atoms. The molecular formula is C24H25F2N3O4. The molecule has 2 aromatic carbocycles. The monoisotopic (exact) mass is 457 g/mol. The van der Waals surface area contributed by atoms with Gasteiger partial charge in [0.1, 0.15) is 5.75 Å². The summed E-state index contributed by atoms with van der Waals surface area (Å²) in [5, 5.41) is 2.66. The fourth-order valence-corrected chi connectivity index (χ4v) is 3.53. The molecule has 1 heterocycles. The average molecular weight is 457 g/mol. The number of halogens is 2. The van der Waals surface area contributed by atoms with Gasteiger partial charge in [-0.05, 0) is 42.3 Å². The maximum atomic E-state index is 12.8. The highest BCUT2D eigenvalue weighted by Gasteiger charge is 2.26. The van der Waals surface area contributed by atoms with Crippen molar-refractivity contribution in [1.29, 1.82) is 0 Å². The summed E-state index contributed by atoms with van der Waals surface area (Å²) in [6.07, 6.45) is 2.05. The largest absolute Gasteiger partial charge is 0.434 e. The van der Waals surface area contributed by atoms with Gasteiger partial charge in [-0.2, -0.15) is 8.78 Å². The Labute approximate surface area is 190 Å². The van der Waals surface area contributed by atoms with E-state index in [1.54, 1.807) is 23.1 Å². The Balaban J connectivity index is 1.49. The lowest BCUT2D eigenvalue weighted by atomic mass is 10.1. The Morgan fingerprint density at radius 2 is 1.64 bits per heavy atom. The Hall–Kier alpha value is -3.75. The molecule has 1 N–H and O–H groups in total. The molecule has 0 atom stereocenters. The molecule has 3 amide bonds. The minimum absolute atomic E-state index is 0.0208. The van der Waals surface area contributed by atoms with Crippen LogP contribution in [0.2, 0.25) is 0 Å². The van der Waals surface area contributed by atoms with Crippen LogP contribution in [0.3, 0.4) is 0 Å². The zero-order chi connectivity index (χ0) is 23.8. The SMILES string of the molecule is C=CC(=O)Nc1ccc(CCC(=O)N2CCN(C(=O)c3ccccc3OC(F)F)CC2)cc1. The maximum Gasteiger partial charge on any atom is 0.387 e. The van der Waals surface area contributed by atoms with Crippen LogP contribution in [-0.4, -0.2) is 60.3 Å². The molecule has 1 aliphatic rings. The van der Waals surface area contributed by atoms with Crippen LogP contribution in [0, 0.1) is 0 Å². The maximum absolute atomic E-state index is 12.8. The van der Waals surface area contributed by atoms with Gasteiger partial charge in [-0.25, -0.2) is 0 Å². The molecule has 3 rings (SSSR count). The van der Waals surface area contributed by atoms with Crippen molar-refractivity contribution in [3.05, 3.63) is 72.3 Å². The van der Waals surface area contributed by atoms with Crippen LogP contribution in [0.25, 0.3) is 0 Å². The number of para-hydroxylation sites is 1. The number of aryl methyl sites for hydroxylation is 1. The number of ether oxygens (including phenoxy) is 1. The molecule has 0 radical (unpaired) electrons. The highest BCUT2D eigenvalue weighted by Crippen LogP contribution is 2.22. The lowest BCUT2D eigenvalue weighted by Crippen LogP contribution is -2.50. The molecule has 7 nitrogen and oxygen atoms in total. The van der Waals surface area contributed by atoms with Gasteiger partial charge in [-0.15, -0.1) is 0 Å².